The minimum atomic E-state index is -0.533. The van der Waals surface area contributed by atoms with E-state index in [9.17, 15) is 9.59 Å². The van der Waals surface area contributed by atoms with Crippen molar-refractivity contribution in [2.24, 2.45) is 5.73 Å². The zero-order valence-corrected chi connectivity index (χ0v) is 14.1. The van der Waals surface area contributed by atoms with Crippen molar-refractivity contribution in [1.82, 2.24) is 9.97 Å². The van der Waals surface area contributed by atoms with E-state index < -0.39 is 5.91 Å². The van der Waals surface area contributed by atoms with Gasteiger partial charge in [0.2, 0.25) is 11.9 Å². The SMILES string of the molecule is Cc1ccc(NC(=O)c2ccc(C(N)=O)cc2)cc1Nc1ncccn1. The number of benzene rings is 2. The lowest BCUT2D eigenvalue weighted by Crippen LogP contribution is -2.14. The van der Waals surface area contributed by atoms with E-state index in [1.54, 1.807) is 36.7 Å². The molecule has 130 valence electrons. The van der Waals surface area contributed by atoms with Gasteiger partial charge >= 0.3 is 0 Å². The van der Waals surface area contributed by atoms with Crippen LogP contribution < -0.4 is 16.4 Å². The number of nitrogens with zero attached hydrogens (tertiary/aromatic N) is 2. The second-order valence-corrected chi connectivity index (χ2v) is 5.62. The van der Waals surface area contributed by atoms with Gasteiger partial charge in [0.25, 0.3) is 5.91 Å². The molecule has 4 N–H and O–H groups in total. The van der Waals surface area contributed by atoms with Crippen LogP contribution in [0, 0.1) is 6.92 Å². The van der Waals surface area contributed by atoms with Crippen LogP contribution >= 0.6 is 0 Å². The molecule has 0 fully saturated rings. The van der Waals surface area contributed by atoms with Gasteiger partial charge in [-0.05, 0) is 55.0 Å². The number of carbonyl (C=O) groups is 2. The summed E-state index contributed by atoms with van der Waals surface area (Å²) in [5.41, 5.74) is 8.38. The summed E-state index contributed by atoms with van der Waals surface area (Å²) >= 11 is 0. The van der Waals surface area contributed by atoms with E-state index >= 15 is 0 Å². The third-order valence-electron chi connectivity index (χ3n) is 3.74. The molecule has 0 bridgehead atoms. The quantitative estimate of drug-likeness (QED) is 0.657. The second kappa shape index (κ2) is 7.43. The van der Waals surface area contributed by atoms with Crippen LogP contribution in [-0.4, -0.2) is 21.8 Å². The number of aryl methyl sites for hydroxylation is 1. The standard InChI is InChI=1S/C19H17N5O2/c1-12-3-8-15(11-16(12)24-19-21-9-2-10-22-19)23-18(26)14-6-4-13(5-7-14)17(20)25/h2-11H,1H3,(H2,20,25)(H,23,26)(H,21,22,24). The summed E-state index contributed by atoms with van der Waals surface area (Å²) < 4.78 is 0. The molecule has 7 heteroatoms. The Kier molecular flexibility index (Phi) is 4.89. The van der Waals surface area contributed by atoms with Crippen LogP contribution in [0.2, 0.25) is 0 Å². The summed E-state index contributed by atoms with van der Waals surface area (Å²) in [7, 11) is 0. The first-order chi connectivity index (χ1) is 12.5. The number of hydrogen-bond donors (Lipinski definition) is 3. The van der Waals surface area contributed by atoms with Crippen LogP contribution in [0.3, 0.4) is 0 Å². The Hall–Kier alpha value is -3.74. The van der Waals surface area contributed by atoms with E-state index in [0.717, 1.165) is 11.3 Å². The van der Waals surface area contributed by atoms with Gasteiger partial charge in [-0.15, -0.1) is 0 Å². The molecule has 0 aliphatic rings. The van der Waals surface area contributed by atoms with Crippen LogP contribution in [0.25, 0.3) is 0 Å². The Morgan fingerprint density at radius 3 is 2.27 bits per heavy atom. The van der Waals surface area contributed by atoms with Crippen molar-refractivity contribution in [3.8, 4) is 0 Å². The average Bonchev–Trinajstić information content (AvgIpc) is 2.65. The molecule has 0 radical (unpaired) electrons. The predicted molar refractivity (Wildman–Crippen MR) is 99.4 cm³/mol. The van der Waals surface area contributed by atoms with E-state index in [-0.39, 0.29) is 5.91 Å². The number of aromatic nitrogens is 2. The van der Waals surface area contributed by atoms with Crippen LogP contribution in [0.15, 0.2) is 60.9 Å². The van der Waals surface area contributed by atoms with Gasteiger partial charge in [0.1, 0.15) is 0 Å². The maximum atomic E-state index is 12.4. The van der Waals surface area contributed by atoms with E-state index in [0.29, 0.717) is 22.8 Å². The number of anilines is 3. The van der Waals surface area contributed by atoms with Gasteiger partial charge in [0, 0.05) is 34.9 Å². The Morgan fingerprint density at radius 1 is 0.962 bits per heavy atom. The van der Waals surface area contributed by atoms with Gasteiger partial charge in [0.05, 0.1) is 0 Å². The lowest BCUT2D eigenvalue weighted by molar-refractivity contribution is 0.0995. The molecule has 1 heterocycles. The topological polar surface area (TPSA) is 110 Å². The Balaban J connectivity index is 1.76. The number of amides is 2. The van der Waals surface area contributed by atoms with E-state index in [1.807, 2.05) is 19.1 Å². The Bertz CT molecular complexity index is 940. The molecular formula is C19H17N5O2. The molecule has 0 atom stereocenters. The van der Waals surface area contributed by atoms with Gasteiger partial charge in [-0.2, -0.15) is 0 Å². The monoisotopic (exact) mass is 347 g/mol. The third kappa shape index (κ3) is 4.02. The molecule has 0 aliphatic heterocycles. The van der Waals surface area contributed by atoms with Gasteiger partial charge < -0.3 is 16.4 Å². The summed E-state index contributed by atoms with van der Waals surface area (Å²) in [5, 5.41) is 5.94. The zero-order chi connectivity index (χ0) is 18.5. The number of nitrogens with two attached hydrogens (primary N) is 1. The Morgan fingerprint density at radius 2 is 1.62 bits per heavy atom. The van der Waals surface area contributed by atoms with Crippen LogP contribution in [0.1, 0.15) is 26.3 Å². The number of hydrogen-bond acceptors (Lipinski definition) is 5. The largest absolute Gasteiger partial charge is 0.366 e. The molecule has 26 heavy (non-hydrogen) atoms. The zero-order valence-electron chi connectivity index (χ0n) is 14.1. The summed E-state index contributed by atoms with van der Waals surface area (Å²) in [4.78, 5) is 31.7. The molecule has 3 rings (SSSR count). The highest BCUT2D eigenvalue weighted by atomic mass is 16.2. The lowest BCUT2D eigenvalue weighted by atomic mass is 10.1. The molecule has 0 aliphatic carbocycles. The highest BCUT2D eigenvalue weighted by Crippen LogP contribution is 2.23. The Labute approximate surface area is 150 Å². The first-order valence-electron chi connectivity index (χ1n) is 7.89. The van der Waals surface area contributed by atoms with E-state index in [1.165, 1.54) is 12.1 Å². The van der Waals surface area contributed by atoms with Crippen molar-refractivity contribution < 1.29 is 9.59 Å². The molecule has 1 aromatic heterocycles. The van der Waals surface area contributed by atoms with Crippen molar-refractivity contribution in [1.29, 1.82) is 0 Å². The molecule has 0 unspecified atom stereocenters. The minimum Gasteiger partial charge on any atom is -0.366 e. The molecule has 0 spiro atoms. The average molecular weight is 347 g/mol. The van der Waals surface area contributed by atoms with Gasteiger partial charge in [-0.3, -0.25) is 9.59 Å². The van der Waals surface area contributed by atoms with E-state index in [4.69, 9.17) is 5.73 Å². The van der Waals surface area contributed by atoms with Crippen molar-refractivity contribution in [3.63, 3.8) is 0 Å². The van der Waals surface area contributed by atoms with Crippen LogP contribution in [0.5, 0.6) is 0 Å². The minimum absolute atomic E-state index is 0.285. The second-order valence-electron chi connectivity index (χ2n) is 5.62. The highest BCUT2D eigenvalue weighted by molar-refractivity contribution is 6.05. The maximum absolute atomic E-state index is 12.4. The van der Waals surface area contributed by atoms with Crippen molar-refractivity contribution in [2.75, 3.05) is 10.6 Å². The van der Waals surface area contributed by atoms with Crippen molar-refractivity contribution in [3.05, 3.63) is 77.6 Å². The maximum Gasteiger partial charge on any atom is 0.255 e. The summed E-state index contributed by atoms with van der Waals surface area (Å²) in [6, 6.07) is 13.4. The third-order valence-corrected chi connectivity index (χ3v) is 3.74. The van der Waals surface area contributed by atoms with Gasteiger partial charge in [0.15, 0.2) is 0 Å². The summed E-state index contributed by atoms with van der Waals surface area (Å²) in [6.45, 7) is 1.94. The van der Waals surface area contributed by atoms with Gasteiger partial charge in [-0.1, -0.05) is 6.07 Å². The smallest absolute Gasteiger partial charge is 0.255 e. The van der Waals surface area contributed by atoms with E-state index in [2.05, 4.69) is 20.6 Å². The number of rotatable bonds is 5. The highest BCUT2D eigenvalue weighted by Gasteiger charge is 2.09. The molecule has 2 aromatic carbocycles. The molecule has 3 aromatic rings. The van der Waals surface area contributed by atoms with Crippen LogP contribution in [-0.2, 0) is 0 Å². The fourth-order valence-corrected chi connectivity index (χ4v) is 2.31. The van der Waals surface area contributed by atoms with Crippen LogP contribution in [0.4, 0.5) is 17.3 Å². The summed E-state index contributed by atoms with van der Waals surface area (Å²) in [6.07, 6.45) is 3.29. The predicted octanol–water partition coefficient (Wildman–Crippen LogP) is 2.88. The number of nitrogens with one attached hydrogen (secondary N) is 2. The fraction of sp³-hybridized carbons (Fsp3) is 0.0526. The normalized spacial score (nSPS) is 10.2. The van der Waals surface area contributed by atoms with Crippen molar-refractivity contribution >= 4 is 29.1 Å². The fourth-order valence-electron chi connectivity index (χ4n) is 2.31. The molecule has 2 amide bonds. The number of primary amides is 1. The number of carbonyl (C=O) groups excluding carboxylic acids is 2. The molecule has 0 saturated heterocycles. The molecular weight excluding hydrogens is 330 g/mol. The lowest BCUT2D eigenvalue weighted by Gasteiger charge is -2.11. The summed E-state index contributed by atoms with van der Waals surface area (Å²) in [5.74, 6) is -0.345. The first kappa shape index (κ1) is 17.1. The van der Waals surface area contributed by atoms with Crippen molar-refractivity contribution in [2.45, 2.75) is 6.92 Å². The first-order valence-corrected chi connectivity index (χ1v) is 7.89. The molecule has 0 saturated carbocycles. The molecule has 7 nitrogen and oxygen atoms in total. The van der Waals surface area contributed by atoms with Gasteiger partial charge in [-0.25, -0.2) is 9.97 Å².